The minimum absolute atomic E-state index is 0.128. The largest absolute Gasteiger partial charge is 0.369 e. The number of rotatable bonds is 1. The molecule has 3 nitrogen and oxygen atoms in total. The van der Waals surface area contributed by atoms with Crippen LogP contribution in [-0.4, -0.2) is 29.5 Å². The first-order chi connectivity index (χ1) is 8.21. The zero-order valence-corrected chi connectivity index (χ0v) is 11.8. The van der Waals surface area contributed by atoms with E-state index < -0.39 is 0 Å². The molecule has 0 amide bonds. The van der Waals surface area contributed by atoms with Crippen LogP contribution in [0.5, 0.6) is 0 Å². The van der Waals surface area contributed by atoms with Crippen LogP contribution in [0.3, 0.4) is 0 Å². The van der Waals surface area contributed by atoms with Crippen molar-refractivity contribution in [3.8, 4) is 0 Å². The number of hydrogen-bond donors (Lipinski definition) is 1. The van der Waals surface area contributed by atoms with Gasteiger partial charge in [0.2, 0.25) is 0 Å². The van der Waals surface area contributed by atoms with Crippen molar-refractivity contribution < 1.29 is 0 Å². The monoisotopic (exact) mass is 311 g/mol. The fraction of sp³-hybridized carbons (Fsp3) is 0.417. The SMILES string of the molecule is NC1=NCC2(CCSC2)N1c1ccc(Br)cc1. The van der Waals surface area contributed by atoms with Crippen LogP contribution in [0.2, 0.25) is 0 Å². The number of halogens is 1. The Morgan fingerprint density at radius 3 is 2.76 bits per heavy atom. The van der Waals surface area contributed by atoms with Gasteiger partial charge in [-0.3, -0.25) is 4.99 Å². The van der Waals surface area contributed by atoms with Gasteiger partial charge in [-0.05, 0) is 36.4 Å². The summed E-state index contributed by atoms with van der Waals surface area (Å²) in [6.07, 6.45) is 1.16. The summed E-state index contributed by atoms with van der Waals surface area (Å²) in [6.45, 7) is 0.835. The van der Waals surface area contributed by atoms with Crippen molar-refractivity contribution in [1.29, 1.82) is 0 Å². The Hall–Kier alpha value is -0.680. The van der Waals surface area contributed by atoms with Crippen molar-refractivity contribution in [2.24, 2.45) is 10.7 Å². The zero-order chi connectivity index (χ0) is 11.9. The number of anilines is 1. The maximum Gasteiger partial charge on any atom is 0.196 e. The van der Waals surface area contributed by atoms with Crippen LogP contribution >= 0.6 is 27.7 Å². The van der Waals surface area contributed by atoms with Crippen molar-refractivity contribution >= 4 is 39.3 Å². The van der Waals surface area contributed by atoms with E-state index in [4.69, 9.17) is 5.73 Å². The lowest BCUT2D eigenvalue weighted by molar-refractivity contribution is 0.516. The highest BCUT2D eigenvalue weighted by Crippen LogP contribution is 2.39. The molecule has 2 N–H and O–H groups in total. The Labute approximate surface area is 114 Å². The van der Waals surface area contributed by atoms with E-state index in [-0.39, 0.29) is 5.54 Å². The highest BCUT2D eigenvalue weighted by molar-refractivity contribution is 9.10. The van der Waals surface area contributed by atoms with E-state index in [1.54, 1.807) is 0 Å². The van der Waals surface area contributed by atoms with Crippen LogP contribution in [0.15, 0.2) is 33.7 Å². The van der Waals surface area contributed by atoms with Gasteiger partial charge in [0.05, 0.1) is 12.1 Å². The lowest BCUT2D eigenvalue weighted by atomic mass is 9.97. The Balaban J connectivity index is 1.98. The fourth-order valence-corrected chi connectivity index (χ4v) is 4.18. The van der Waals surface area contributed by atoms with Gasteiger partial charge < -0.3 is 10.6 Å². The quantitative estimate of drug-likeness (QED) is 0.866. The van der Waals surface area contributed by atoms with Gasteiger partial charge in [0.15, 0.2) is 5.96 Å². The van der Waals surface area contributed by atoms with Crippen LogP contribution < -0.4 is 10.6 Å². The van der Waals surface area contributed by atoms with Crippen LogP contribution in [0.4, 0.5) is 5.69 Å². The molecule has 1 saturated heterocycles. The fourth-order valence-electron chi connectivity index (χ4n) is 2.51. The van der Waals surface area contributed by atoms with Crippen molar-refractivity contribution in [3.63, 3.8) is 0 Å². The highest BCUT2D eigenvalue weighted by atomic mass is 79.9. The van der Waals surface area contributed by atoms with Crippen LogP contribution in [-0.2, 0) is 0 Å². The van der Waals surface area contributed by atoms with Crippen LogP contribution in [0, 0.1) is 0 Å². The zero-order valence-electron chi connectivity index (χ0n) is 9.40. The molecular weight excluding hydrogens is 298 g/mol. The van der Waals surface area contributed by atoms with Gasteiger partial charge in [-0.1, -0.05) is 15.9 Å². The molecule has 0 aromatic heterocycles. The summed E-state index contributed by atoms with van der Waals surface area (Å²) in [6, 6.07) is 8.30. The van der Waals surface area contributed by atoms with E-state index in [9.17, 15) is 0 Å². The molecule has 2 aliphatic rings. The Morgan fingerprint density at radius 1 is 1.35 bits per heavy atom. The number of benzene rings is 1. The standard InChI is InChI=1S/C12H14BrN3S/c13-9-1-3-10(4-2-9)16-11(14)15-7-12(16)5-6-17-8-12/h1-4H,5-8H2,(H2,14,15). The summed E-state index contributed by atoms with van der Waals surface area (Å²) in [7, 11) is 0. The number of thioether (sulfide) groups is 1. The summed E-state index contributed by atoms with van der Waals surface area (Å²) < 4.78 is 1.09. The average molecular weight is 312 g/mol. The third kappa shape index (κ3) is 1.85. The predicted molar refractivity (Wildman–Crippen MR) is 77.8 cm³/mol. The van der Waals surface area contributed by atoms with E-state index in [1.165, 1.54) is 5.75 Å². The van der Waals surface area contributed by atoms with E-state index in [0.717, 1.165) is 28.9 Å². The van der Waals surface area contributed by atoms with Gasteiger partial charge in [0.1, 0.15) is 0 Å². The van der Waals surface area contributed by atoms with Gasteiger partial charge in [0.25, 0.3) is 0 Å². The smallest absolute Gasteiger partial charge is 0.196 e. The molecule has 2 aliphatic heterocycles. The second-order valence-corrected chi connectivity index (χ2v) is 6.53. The van der Waals surface area contributed by atoms with Gasteiger partial charge >= 0.3 is 0 Å². The van der Waals surface area contributed by atoms with Gasteiger partial charge in [-0.2, -0.15) is 11.8 Å². The molecule has 3 rings (SSSR count). The minimum atomic E-state index is 0.128. The maximum atomic E-state index is 6.06. The molecule has 1 fully saturated rings. The van der Waals surface area contributed by atoms with Gasteiger partial charge in [-0.15, -0.1) is 0 Å². The van der Waals surface area contributed by atoms with Crippen molar-refractivity contribution in [3.05, 3.63) is 28.7 Å². The summed E-state index contributed by atoms with van der Waals surface area (Å²) in [5.41, 5.74) is 7.33. The molecular formula is C12H14BrN3S. The molecule has 0 aliphatic carbocycles. The Kier molecular flexibility index (Phi) is 2.83. The van der Waals surface area contributed by atoms with Gasteiger partial charge in [0, 0.05) is 15.9 Å². The third-order valence-electron chi connectivity index (χ3n) is 3.41. The van der Waals surface area contributed by atoms with Crippen LogP contribution in [0.1, 0.15) is 6.42 Å². The topological polar surface area (TPSA) is 41.6 Å². The van der Waals surface area contributed by atoms with Crippen molar-refractivity contribution in [2.45, 2.75) is 12.0 Å². The average Bonchev–Trinajstić information content (AvgIpc) is 2.91. The molecule has 1 aromatic carbocycles. The number of nitrogens with zero attached hydrogens (tertiary/aromatic N) is 2. The van der Waals surface area contributed by atoms with E-state index >= 15 is 0 Å². The molecule has 0 bridgehead atoms. The Bertz CT molecular complexity index is 451. The molecule has 1 aromatic rings. The van der Waals surface area contributed by atoms with Gasteiger partial charge in [-0.25, -0.2) is 0 Å². The molecule has 5 heteroatoms. The lowest BCUT2D eigenvalue weighted by Crippen LogP contribution is -2.52. The normalized spacial score (nSPS) is 27.8. The third-order valence-corrected chi connectivity index (χ3v) is 5.17. The van der Waals surface area contributed by atoms with E-state index in [0.29, 0.717) is 5.96 Å². The molecule has 0 saturated carbocycles. The second-order valence-electron chi connectivity index (χ2n) is 4.51. The maximum absolute atomic E-state index is 6.06. The molecule has 0 radical (unpaired) electrons. The number of guanidine groups is 1. The molecule has 1 spiro atoms. The summed E-state index contributed by atoms with van der Waals surface area (Å²) >= 11 is 5.45. The highest BCUT2D eigenvalue weighted by Gasteiger charge is 2.45. The molecule has 17 heavy (non-hydrogen) atoms. The first-order valence-corrected chi connectivity index (χ1v) is 7.60. The summed E-state index contributed by atoms with van der Waals surface area (Å²) in [4.78, 5) is 6.67. The van der Waals surface area contributed by atoms with E-state index in [1.807, 2.05) is 11.8 Å². The lowest BCUT2D eigenvalue weighted by Gasteiger charge is -2.35. The number of hydrogen-bond acceptors (Lipinski definition) is 4. The molecule has 90 valence electrons. The molecule has 1 atom stereocenters. The summed E-state index contributed by atoms with van der Waals surface area (Å²) in [5, 5.41) is 0. The Morgan fingerprint density at radius 2 is 2.12 bits per heavy atom. The molecule has 1 unspecified atom stereocenters. The van der Waals surface area contributed by atoms with Crippen LogP contribution in [0.25, 0.3) is 0 Å². The second kappa shape index (κ2) is 4.21. The minimum Gasteiger partial charge on any atom is -0.369 e. The molecule has 2 heterocycles. The number of nitrogens with two attached hydrogens (primary N) is 1. The van der Waals surface area contributed by atoms with Crippen molar-refractivity contribution in [1.82, 2.24) is 0 Å². The predicted octanol–water partition coefficient (Wildman–Crippen LogP) is 2.46. The number of aliphatic imine (C=N–C) groups is 1. The summed E-state index contributed by atoms with van der Waals surface area (Å²) in [5.74, 6) is 2.98. The van der Waals surface area contributed by atoms with Crippen molar-refractivity contribution in [2.75, 3.05) is 23.0 Å². The first-order valence-electron chi connectivity index (χ1n) is 5.65. The van der Waals surface area contributed by atoms with E-state index in [2.05, 4.69) is 50.1 Å². The first kappa shape index (κ1) is 11.4.